The highest BCUT2D eigenvalue weighted by molar-refractivity contribution is 7.28. The average Bonchev–Trinajstić information content (AvgIpc) is 3.30. The third kappa shape index (κ3) is 2.24. The minimum Gasteiger partial charge on any atom is -0.192 e. The van der Waals surface area contributed by atoms with Crippen LogP contribution in [0.25, 0.3) is 40.7 Å². The molecular formula is C21H13NS3. The molecule has 0 saturated carbocycles. The van der Waals surface area contributed by atoms with Gasteiger partial charge in [-0.3, -0.25) is 0 Å². The van der Waals surface area contributed by atoms with Crippen LogP contribution in [0.5, 0.6) is 0 Å². The highest BCUT2D eigenvalue weighted by atomic mass is 32.1. The maximum absolute atomic E-state index is 9.01. The monoisotopic (exact) mass is 375 g/mol. The Morgan fingerprint density at radius 1 is 0.720 bits per heavy atom. The van der Waals surface area contributed by atoms with Gasteiger partial charge in [-0.2, -0.15) is 5.26 Å². The second kappa shape index (κ2) is 5.40. The van der Waals surface area contributed by atoms with Crippen molar-refractivity contribution in [3.8, 4) is 16.5 Å². The zero-order valence-electron chi connectivity index (χ0n) is 13.7. The minimum absolute atomic E-state index is 0.706. The molecular weight excluding hydrogens is 362 g/mol. The molecule has 4 heteroatoms. The molecule has 120 valence electrons. The molecule has 0 aliphatic heterocycles. The zero-order valence-corrected chi connectivity index (χ0v) is 16.2. The molecule has 0 amide bonds. The SMILES string of the molecule is Cc1cc2c(s1)c1cc(C)sc1c1cc(-c3ccc(C#N)cc3)sc21. The fraction of sp³-hybridized carbons (Fsp3) is 0.0952. The Balaban J connectivity index is 1.88. The fourth-order valence-corrected chi connectivity index (χ4v) is 6.84. The number of hydrogen-bond acceptors (Lipinski definition) is 4. The van der Waals surface area contributed by atoms with Crippen LogP contribution in [0.15, 0.2) is 42.5 Å². The van der Waals surface area contributed by atoms with Crippen LogP contribution in [-0.4, -0.2) is 0 Å². The van der Waals surface area contributed by atoms with Crippen LogP contribution in [-0.2, 0) is 0 Å². The molecule has 0 radical (unpaired) electrons. The number of nitrogens with zero attached hydrogens (tertiary/aromatic N) is 1. The van der Waals surface area contributed by atoms with E-state index in [9.17, 15) is 0 Å². The van der Waals surface area contributed by atoms with Crippen LogP contribution in [0.3, 0.4) is 0 Å². The third-order valence-electron chi connectivity index (χ3n) is 4.48. The van der Waals surface area contributed by atoms with E-state index in [1.807, 2.05) is 46.1 Å². The van der Waals surface area contributed by atoms with E-state index in [0.717, 1.165) is 0 Å². The van der Waals surface area contributed by atoms with Crippen molar-refractivity contribution in [2.24, 2.45) is 0 Å². The Hall–Kier alpha value is -2.19. The number of rotatable bonds is 1. The van der Waals surface area contributed by atoms with Crippen molar-refractivity contribution in [2.45, 2.75) is 13.8 Å². The number of benzene rings is 2. The van der Waals surface area contributed by atoms with Crippen LogP contribution in [0.1, 0.15) is 15.3 Å². The summed E-state index contributed by atoms with van der Waals surface area (Å²) >= 11 is 5.65. The van der Waals surface area contributed by atoms with Gasteiger partial charge in [0.25, 0.3) is 0 Å². The third-order valence-corrected chi connectivity index (χ3v) is 7.86. The maximum atomic E-state index is 9.01. The summed E-state index contributed by atoms with van der Waals surface area (Å²) in [5, 5.41) is 13.2. The van der Waals surface area contributed by atoms with Crippen LogP contribution >= 0.6 is 34.0 Å². The second-order valence-electron chi connectivity index (χ2n) is 6.24. The van der Waals surface area contributed by atoms with Gasteiger partial charge in [-0.05, 0) is 49.7 Å². The summed E-state index contributed by atoms with van der Waals surface area (Å²) in [5.74, 6) is 0. The Labute approximate surface area is 157 Å². The molecule has 0 fully saturated rings. The molecule has 1 nitrogen and oxygen atoms in total. The summed E-state index contributed by atoms with van der Waals surface area (Å²) in [4.78, 5) is 3.99. The molecule has 2 aromatic carbocycles. The lowest BCUT2D eigenvalue weighted by atomic mass is 10.1. The first-order chi connectivity index (χ1) is 12.1. The highest BCUT2D eigenvalue weighted by Crippen LogP contribution is 2.47. The Kier molecular flexibility index (Phi) is 3.26. The Morgan fingerprint density at radius 2 is 1.24 bits per heavy atom. The Bertz CT molecular complexity index is 1230. The zero-order chi connectivity index (χ0) is 17.1. The van der Waals surface area contributed by atoms with E-state index < -0.39 is 0 Å². The lowest BCUT2D eigenvalue weighted by Crippen LogP contribution is -1.74. The van der Waals surface area contributed by atoms with Crippen molar-refractivity contribution in [3.63, 3.8) is 0 Å². The number of fused-ring (bicyclic) bond motifs is 6. The van der Waals surface area contributed by atoms with Crippen molar-refractivity contribution in [1.82, 2.24) is 0 Å². The summed E-state index contributed by atoms with van der Waals surface area (Å²) in [6.45, 7) is 4.38. The quantitative estimate of drug-likeness (QED) is 0.298. The molecule has 0 atom stereocenters. The summed E-state index contributed by atoms with van der Waals surface area (Å²) in [5.41, 5.74) is 1.89. The van der Waals surface area contributed by atoms with Crippen molar-refractivity contribution in [3.05, 3.63) is 57.8 Å². The standard InChI is InChI=1S/C21H13NS3/c1-11-7-15-19-16(8-12(2)23-19)21-17(20(15)24-11)9-18(25-21)14-5-3-13(10-22)4-6-14/h3-9H,1-2H3. The van der Waals surface area contributed by atoms with Gasteiger partial charge < -0.3 is 0 Å². The number of nitriles is 1. The van der Waals surface area contributed by atoms with Crippen LogP contribution in [0, 0.1) is 25.2 Å². The molecule has 0 N–H and O–H groups in total. The minimum atomic E-state index is 0.706. The molecule has 0 spiro atoms. The predicted molar refractivity (Wildman–Crippen MR) is 112 cm³/mol. The van der Waals surface area contributed by atoms with Gasteiger partial charge in [0, 0.05) is 44.9 Å². The summed E-state index contributed by atoms with van der Waals surface area (Å²) in [6.07, 6.45) is 0. The fourth-order valence-electron chi connectivity index (χ4n) is 3.38. The Morgan fingerprint density at radius 3 is 1.80 bits per heavy atom. The lowest BCUT2D eigenvalue weighted by Gasteiger charge is -1.96. The normalized spacial score (nSPS) is 11.6. The molecule has 3 aromatic heterocycles. The van der Waals surface area contributed by atoms with Crippen LogP contribution in [0.4, 0.5) is 0 Å². The average molecular weight is 376 g/mol. The second-order valence-corrected chi connectivity index (χ2v) is 9.81. The molecule has 0 saturated heterocycles. The number of hydrogen-bond donors (Lipinski definition) is 0. The van der Waals surface area contributed by atoms with Gasteiger partial charge in [0.15, 0.2) is 0 Å². The van der Waals surface area contributed by atoms with Crippen LogP contribution < -0.4 is 0 Å². The first kappa shape index (κ1) is 15.1. The van der Waals surface area contributed by atoms with Gasteiger partial charge in [0.2, 0.25) is 0 Å². The van der Waals surface area contributed by atoms with E-state index in [-0.39, 0.29) is 0 Å². The van der Waals surface area contributed by atoms with E-state index in [2.05, 4.69) is 50.2 Å². The smallest absolute Gasteiger partial charge is 0.0991 e. The first-order valence-electron chi connectivity index (χ1n) is 8.00. The van der Waals surface area contributed by atoms with E-state index in [1.165, 1.54) is 50.5 Å². The van der Waals surface area contributed by atoms with E-state index in [0.29, 0.717) is 5.56 Å². The summed E-state index contributed by atoms with van der Waals surface area (Å²) < 4.78 is 4.20. The van der Waals surface area contributed by atoms with Crippen LogP contribution in [0.2, 0.25) is 0 Å². The van der Waals surface area contributed by atoms with Gasteiger partial charge in [-0.25, -0.2) is 0 Å². The van der Waals surface area contributed by atoms with Crippen molar-refractivity contribution in [2.75, 3.05) is 0 Å². The molecule has 5 rings (SSSR count). The predicted octanol–water partition coefficient (Wildman–Crippen LogP) is 7.49. The van der Waals surface area contributed by atoms with Gasteiger partial charge in [-0.15, -0.1) is 34.0 Å². The molecule has 0 bridgehead atoms. The van der Waals surface area contributed by atoms with Gasteiger partial charge >= 0.3 is 0 Å². The van der Waals surface area contributed by atoms with Crippen molar-refractivity contribution >= 4 is 64.3 Å². The van der Waals surface area contributed by atoms with Crippen molar-refractivity contribution in [1.29, 1.82) is 5.26 Å². The van der Waals surface area contributed by atoms with E-state index >= 15 is 0 Å². The molecule has 25 heavy (non-hydrogen) atoms. The summed E-state index contributed by atoms with van der Waals surface area (Å²) in [6, 6.07) is 17.1. The first-order valence-corrected chi connectivity index (χ1v) is 10.5. The molecule has 0 unspecified atom stereocenters. The largest absolute Gasteiger partial charge is 0.192 e. The topological polar surface area (TPSA) is 23.8 Å². The maximum Gasteiger partial charge on any atom is 0.0991 e. The summed E-state index contributed by atoms with van der Waals surface area (Å²) in [7, 11) is 0. The highest BCUT2D eigenvalue weighted by Gasteiger charge is 2.16. The molecule has 5 aromatic rings. The van der Waals surface area contributed by atoms with Crippen molar-refractivity contribution < 1.29 is 0 Å². The molecule has 0 aliphatic rings. The van der Waals surface area contributed by atoms with Gasteiger partial charge in [0.1, 0.15) is 0 Å². The van der Waals surface area contributed by atoms with Gasteiger partial charge in [-0.1, -0.05) is 12.1 Å². The number of aryl methyl sites for hydroxylation is 2. The lowest BCUT2D eigenvalue weighted by molar-refractivity contribution is 1.49. The molecule has 0 aliphatic carbocycles. The van der Waals surface area contributed by atoms with E-state index in [1.54, 1.807) is 0 Å². The van der Waals surface area contributed by atoms with E-state index in [4.69, 9.17) is 5.26 Å². The number of thiophene rings is 3. The van der Waals surface area contributed by atoms with Gasteiger partial charge in [0.05, 0.1) is 11.6 Å². The molecule has 3 heterocycles.